The number of aromatic nitrogens is 3. The Morgan fingerprint density at radius 1 is 1.37 bits per heavy atom. The Labute approximate surface area is 156 Å². The molecule has 0 aliphatic rings. The second-order valence-corrected chi connectivity index (χ2v) is 6.25. The molecule has 27 heavy (non-hydrogen) atoms. The monoisotopic (exact) mass is 372 g/mol. The molecule has 8 heteroatoms. The fourth-order valence-electron chi connectivity index (χ4n) is 2.94. The minimum atomic E-state index is -0.474. The van der Waals surface area contributed by atoms with Crippen molar-refractivity contribution in [2.24, 2.45) is 7.05 Å². The van der Waals surface area contributed by atoms with Crippen LogP contribution < -0.4 is 10.1 Å². The number of oxazole rings is 1. The number of nitrogens with one attached hydrogen (secondary N) is 1. The molecule has 2 heterocycles. The van der Waals surface area contributed by atoms with E-state index >= 15 is 0 Å². The molecule has 0 bridgehead atoms. The molecule has 0 aliphatic heterocycles. The molecule has 1 N–H and O–H groups in total. The minimum absolute atomic E-state index is 0.0788. The Balaban J connectivity index is 1.63. The van der Waals surface area contributed by atoms with E-state index in [4.69, 9.17) is 9.15 Å². The third kappa shape index (κ3) is 3.99. The van der Waals surface area contributed by atoms with E-state index in [0.717, 1.165) is 17.0 Å². The van der Waals surface area contributed by atoms with E-state index in [1.807, 2.05) is 27.8 Å². The first kappa shape index (κ1) is 18.6. The molecule has 0 fully saturated rings. The van der Waals surface area contributed by atoms with Crippen molar-refractivity contribution in [1.29, 1.82) is 0 Å². The molecule has 3 aromatic rings. The smallest absolute Gasteiger partial charge is 0.273 e. The van der Waals surface area contributed by atoms with Crippen molar-refractivity contribution >= 4 is 5.91 Å². The number of ether oxygens (including phenoxy) is 1. The van der Waals surface area contributed by atoms with Gasteiger partial charge in [0.15, 0.2) is 23.9 Å². The van der Waals surface area contributed by atoms with Crippen molar-refractivity contribution in [3.63, 3.8) is 0 Å². The zero-order valence-electron chi connectivity index (χ0n) is 15.6. The van der Waals surface area contributed by atoms with E-state index in [-0.39, 0.29) is 35.9 Å². The quantitative estimate of drug-likeness (QED) is 0.718. The highest BCUT2D eigenvalue weighted by Gasteiger charge is 2.20. The lowest BCUT2D eigenvalue weighted by atomic mass is 10.1. The van der Waals surface area contributed by atoms with Gasteiger partial charge >= 0.3 is 0 Å². The molecular formula is C19H21FN4O3. The number of halogens is 1. The molecule has 0 spiro atoms. The maximum atomic E-state index is 13.6. The summed E-state index contributed by atoms with van der Waals surface area (Å²) in [6.07, 6.45) is 1.26. The van der Waals surface area contributed by atoms with Crippen LogP contribution in [0, 0.1) is 19.7 Å². The SMILES string of the molecule is Cc1nn(C)c(C)c1[C@@H](C)NC(=O)c1coc(COc2ccccc2F)n1. The Kier molecular flexibility index (Phi) is 5.25. The van der Waals surface area contributed by atoms with Crippen LogP contribution in [-0.4, -0.2) is 20.7 Å². The summed E-state index contributed by atoms with van der Waals surface area (Å²) in [7, 11) is 1.86. The predicted molar refractivity (Wildman–Crippen MR) is 95.8 cm³/mol. The number of para-hydroxylation sites is 1. The van der Waals surface area contributed by atoms with E-state index in [0.29, 0.717) is 0 Å². The molecule has 1 aromatic carbocycles. The van der Waals surface area contributed by atoms with Crippen LogP contribution in [-0.2, 0) is 13.7 Å². The second-order valence-electron chi connectivity index (χ2n) is 6.25. The van der Waals surface area contributed by atoms with Gasteiger partial charge in [-0.1, -0.05) is 12.1 Å². The summed E-state index contributed by atoms with van der Waals surface area (Å²) in [6.45, 7) is 5.66. The Morgan fingerprint density at radius 3 is 2.78 bits per heavy atom. The Morgan fingerprint density at radius 2 is 2.11 bits per heavy atom. The summed E-state index contributed by atoms with van der Waals surface area (Å²) in [5.74, 6) is -0.563. The lowest BCUT2D eigenvalue weighted by Gasteiger charge is -2.13. The van der Waals surface area contributed by atoms with Gasteiger partial charge in [-0.05, 0) is 32.9 Å². The molecule has 0 saturated heterocycles. The standard InChI is InChI=1S/C19H21FN4O3/c1-11(18-12(2)23-24(4)13(18)3)21-19(25)15-9-27-17(22-15)10-26-16-8-6-5-7-14(16)20/h5-9,11H,10H2,1-4H3,(H,21,25)/t11-/m1/s1. The van der Waals surface area contributed by atoms with Crippen molar-refractivity contribution in [3.05, 3.63) is 64.9 Å². The van der Waals surface area contributed by atoms with E-state index in [1.54, 1.807) is 16.8 Å². The summed E-state index contributed by atoms with van der Waals surface area (Å²) in [4.78, 5) is 16.5. The largest absolute Gasteiger partial charge is 0.481 e. The molecule has 2 aromatic heterocycles. The highest BCUT2D eigenvalue weighted by molar-refractivity contribution is 5.92. The van der Waals surface area contributed by atoms with Crippen molar-refractivity contribution in [3.8, 4) is 5.75 Å². The van der Waals surface area contributed by atoms with Crippen molar-refractivity contribution < 1.29 is 18.3 Å². The van der Waals surface area contributed by atoms with Crippen molar-refractivity contribution in [2.75, 3.05) is 0 Å². The molecule has 1 amide bonds. The molecular weight excluding hydrogens is 351 g/mol. The van der Waals surface area contributed by atoms with Gasteiger partial charge in [0.1, 0.15) is 6.26 Å². The second kappa shape index (κ2) is 7.61. The minimum Gasteiger partial charge on any atom is -0.481 e. The van der Waals surface area contributed by atoms with Gasteiger partial charge in [0.2, 0.25) is 5.89 Å². The van der Waals surface area contributed by atoms with Gasteiger partial charge in [0, 0.05) is 18.3 Å². The third-order valence-corrected chi connectivity index (χ3v) is 4.32. The van der Waals surface area contributed by atoms with E-state index < -0.39 is 5.82 Å². The average Bonchev–Trinajstić information content (AvgIpc) is 3.19. The third-order valence-electron chi connectivity index (χ3n) is 4.32. The number of aryl methyl sites for hydroxylation is 2. The van der Waals surface area contributed by atoms with Gasteiger partial charge in [-0.15, -0.1) is 0 Å². The average molecular weight is 372 g/mol. The van der Waals surface area contributed by atoms with Gasteiger partial charge in [0.25, 0.3) is 5.91 Å². The van der Waals surface area contributed by atoms with Crippen molar-refractivity contribution in [2.45, 2.75) is 33.4 Å². The van der Waals surface area contributed by atoms with E-state index in [1.165, 1.54) is 18.4 Å². The van der Waals surface area contributed by atoms with Crippen LogP contribution in [0.4, 0.5) is 4.39 Å². The topological polar surface area (TPSA) is 82.2 Å². The fraction of sp³-hybridized carbons (Fsp3) is 0.316. The molecule has 7 nitrogen and oxygen atoms in total. The first-order valence-corrected chi connectivity index (χ1v) is 8.49. The lowest BCUT2D eigenvalue weighted by Crippen LogP contribution is -2.27. The summed E-state index contributed by atoms with van der Waals surface area (Å²) >= 11 is 0. The number of hydrogen-bond donors (Lipinski definition) is 1. The van der Waals surface area contributed by atoms with Crippen LogP contribution in [0.25, 0.3) is 0 Å². The summed E-state index contributed by atoms with van der Waals surface area (Å²) in [6, 6.07) is 5.81. The summed E-state index contributed by atoms with van der Waals surface area (Å²) in [5.41, 5.74) is 2.95. The molecule has 0 unspecified atom stereocenters. The predicted octanol–water partition coefficient (Wildman–Crippen LogP) is 3.23. The van der Waals surface area contributed by atoms with Gasteiger partial charge < -0.3 is 14.5 Å². The maximum Gasteiger partial charge on any atom is 0.273 e. The van der Waals surface area contributed by atoms with Crippen LogP contribution >= 0.6 is 0 Å². The first-order chi connectivity index (χ1) is 12.9. The van der Waals surface area contributed by atoms with E-state index in [2.05, 4.69) is 15.4 Å². The molecule has 0 aliphatic carbocycles. The molecule has 3 rings (SSSR count). The molecule has 1 atom stereocenters. The van der Waals surface area contributed by atoms with Crippen LogP contribution in [0.5, 0.6) is 5.75 Å². The zero-order valence-corrected chi connectivity index (χ0v) is 15.6. The van der Waals surface area contributed by atoms with Crippen LogP contribution in [0.15, 0.2) is 34.9 Å². The number of nitrogens with zero attached hydrogens (tertiary/aromatic N) is 3. The van der Waals surface area contributed by atoms with Gasteiger partial charge in [0.05, 0.1) is 11.7 Å². The first-order valence-electron chi connectivity index (χ1n) is 8.49. The number of carbonyl (C=O) groups is 1. The Hall–Kier alpha value is -3.16. The number of benzene rings is 1. The van der Waals surface area contributed by atoms with Crippen LogP contribution in [0.3, 0.4) is 0 Å². The van der Waals surface area contributed by atoms with Crippen LogP contribution in [0.1, 0.15) is 46.3 Å². The molecule has 0 saturated carbocycles. The highest BCUT2D eigenvalue weighted by atomic mass is 19.1. The maximum absolute atomic E-state index is 13.6. The Bertz CT molecular complexity index is 964. The fourth-order valence-corrected chi connectivity index (χ4v) is 2.94. The van der Waals surface area contributed by atoms with Crippen molar-refractivity contribution in [1.82, 2.24) is 20.1 Å². The van der Waals surface area contributed by atoms with E-state index in [9.17, 15) is 9.18 Å². The number of hydrogen-bond acceptors (Lipinski definition) is 5. The zero-order chi connectivity index (χ0) is 19.6. The van der Waals surface area contributed by atoms with Crippen LogP contribution in [0.2, 0.25) is 0 Å². The van der Waals surface area contributed by atoms with Gasteiger partial charge in [-0.3, -0.25) is 9.48 Å². The number of carbonyl (C=O) groups excluding carboxylic acids is 1. The summed E-state index contributed by atoms with van der Waals surface area (Å²) < 4.78 is 25.9. The lowest BCUT2D eigenvalue weighted by molar-refractivity contribution is 0.0934. The normalized spacial score (nSPS) is 12.0. The summed E-state index contributed by atoms with van der Waals surface area (Å²) in [5, 5.41) is 7.25. The molecule has 0 radical (unpaired) electrons. The highest BCUT2D eigenvalue weighted by Crippen LogP contribution is 2.21. The number of rotatable bonds is 6. The number of amides is 1. The van der Waals surface area contributed by atoms with Gasteiger partial charge in [-0.25, -0.2) is 9.37 Å². The van der Waals surface area contributed by atoms with Gasteiger partial charge in [-0.2, -0.15) is 5.10 Å². The molecule has 142 valence electrons.